The minimum absolute atomic E-state index is 0.309. The van der Waals surface area contributed by atoms with Crippen molar-refractivity contribution in [1.29, 1.82) is 0 Å². The van der Waals surface area contributed by atoms with E-state index < -0.39 is 0 Å². The van der Waals surface area contributed by atoms with E-state index in [4.69, 9.17) is 23.2 Å². The second-order valence-corrected chi connectivity index (χ2v) is 7.20. The van der Waals surface area contributed by atoms with Gasteiger partial charge in [-0.3, -0.25) is 0 Å². The molecule has 0 saturated carbocycles. The number of benzene rings is 2. The van der Waals surface area contributed by atoms with E-state index in [0.29, 0.717) is 20.9 Å². The van der Waals surface area contributed by atoms with E-state index in [1.807, 2.05) is 6.07 Å². The van der Waals surface area contributed by atoms with E-state index in [1.165, 1.54) is 17.4 Å². The van der Waals surface area contributed by atoms with Crippen molar-refractivity contribution in [1.82, 2.24) is 4.98 Å². The van der Waals surface area contributed by atoms with Gasteiger partial charge in [0.1, 0.15) is 5.82 Å². The Morgan fingerprint density at radius 2 is 1.96 bits per heavy atom. The Labute approximate surface area is 154 Å². The van der Waals surface area contributed by atoms with Crippen molar-refractivity contribution in [2.45, 2.75) is 19.8 Å². The third-order valence-corrected chi connectivity index (χ3v) is 5.05. The number of hydrogen-bond acceptors (Lipinski definition) is 3. The molecule has 0 aliphatic rings. The molecule has 0 amide bonds. The molecule has 0 aliphatic heterocycles. The maximum absolute atomic E-state index is 13.8. The van der Waals surface area contributed by atoms with E-state index in [1.54, 1.807) is 30.3 Å². The average molecular weight is 381 g/mol. The Balaban J connectivity index is 2.00. The maximum atomic E-state index is 13.8. The van der Waals surface area contributed by atoms with E-state index in [2.05, 4.69) is 17.2 Å². The summed E-state index contributed by atoms with van der Waals surface area (Å²) in [6.07, 6.45) is 1.87. The van der Waals surface area contributed by atoms with Crippen LogP contribution < -0.4 is 5.32 Å². The number of nitrogens with one attached hydrogen (secondary N) is 1. The number of halogens is 3. The number of thiazole rings is 1. The Morgan fingerprint density at radius 3 is 2.67 bits per heavy atom. The summed E-state index contributed by atoms with van der Waals surface area (Å²) in [5.74, 6) is -0.309. The van der Waals surface area contributed by atoms with Gasteiger partial charge in [-0.2, -0.15) is 0 Å². The van der Waals surface area contributed by atoms with Crippen LogP contribution >= 0.6 is 34.5 Å². The van der Waals surface area contributed by atoms with Crippen LogP contribution in [0.3, 0.4) is 0 Å². The number of rotatable bonds is 5. The summed E-state index contributed by atoms with van der Waals surface area (Å²) in [4.78, 5) is 5.75. The first-order chi connectivity index (χ1) is 11.6. The highest BCUT2D eigenvalue weighted by molar-refractivity contribution is 7.16. The van der Waals surface area contributed by atoms with Gasteiger partial charge in [-0.05, 0) is 36.8 Å². The van der Waals surface area contributed by atoms with Gasteiger partial charge in [0, 0.05) is 15.5 Å². The van der Waals surface area contributed by atoms with Crippen LogP contribution in [0.4, 0.5) is 15.2 Å². The molecule has 1 heterocycles. The SMILES string of the molecule is CCCc1sc(Nc2ccccc2F)nc1-c1ccc(Cl)cc1Cl. The molecule has 0 saturated heterocycles. The maximum Gasteiger partial charge on any atom is 0.188 e. The minimum Gasteiger partial charge on any atom is -0.329 e. The number of aryl methyl sites for hydroxylation is 1. The number of aromatic nitrogens is 1. The molecule has 0 spiro atoms. The van der Waals surface area contributed by atoms with Gasteiger partial charge in [-0.15, -0.1) is 11.3 Å². The highest BCUT2D eigenvalue weighted by atomic mass is 35.5. The third-order valence-electron chi connectivity index (χ3n) is 3.48. The molecule has 124 valence electrons. The third kappa shape index (κ3) is 3.72. The van der Waals surface area contributed by atoms with Gasteiger partial charge in [0.2, 0.25) is 0 Å². The zero-order valence-corrected chi connectivity index (χ0v) is 15.3. The summed E-state index contributed by atoms with van der Waals surface area (Å²) < 4.78 is 13.8. The van der Waals surface area contributed by atoms with Gasteiger partial charge in [0.25, 0.3) is 0 Å². The molecule has 2 aromatic carbocycles. The molecule has 3 aromatic rings. The first-order valence-corrected chi connectivity index (χ1v) is 9.12. The molecular formula is C18H15Cl2FN2S. The summed E-state index contributed by atoms with van der Waals surface area (Å²) in [6, 6.07) is 11.9. The molecule has 1 N–H and O–H groups in total. The molecule has 24 heavy (non-hydrogen) atoms. The summed E-state index contributed by atoms with van der Waals surface area (Å²) >= 11 is 13.8. The monoisotopic (exact) mass is 380 g/mol. The van der Waals surface area contributed by atoms with E-state index in [0.717, 1.165) is 29.0 Å². The molecular weight excluding hydrogens is 366 g/mol. The highest BCUT2D eigenvalue weighted by Gasteiger charge is 2.16. The molecule has 0 radical (unpaired) electrons. The highest BCUT2D eigenvalue weighted by Crippen LogP contribution is 2.37. The first-order valence-electron chi connectivity index (χ1n) is 7.55. The lowest BCUT2D eigenvalue weighted by molar-refractivity contribution is 0.632. The van der Waals surface area contributed by atoms with Crippen molar-refractivity contribution >= 4 is 45.4 Å². The number of anilines is 2. The Kier molecular flexibility index (Phi) is 5.39. The van der Waals surface area contributed by atoms with Gasteiger partial charge in [0.05, 0.1) is 16.4 Å². The Bertz CT molecular complexity index is 864. The first kappa shape index (κ1) is 17.2. The quantitative estimate of drug-likeness (QED) is 0.517. The van der Waals surface area contributed by atoms with Crippen molar-refractivity contribution in [3.05, 3.63) is 63.2 Å². The summed E-state index contributed by atoms with van der Waals surface area (Å²) in [6.45, 7) is 2.11. The fourth-order valence-electron chi connectivity index (χ4n) is 2.37. The number of hydrogen-bond donors (Lipinski definition) is 1. The van der Waals surface area contributed by atoms with Gasteiger partial charge in [-0.25, -0.2) is 9.37 Å². The zero-order chi connectivity index (χ0) is 17.1. The van der Waals surface area contributed by atoms with Gasteiger partial charge in [0.15, 0.2) is 5.13 Å². The van der Waals surface area contributed by atoms with Crippen LogP contribution in [0.1, 0.15) is 18.2 Å². The van der Waals surface area contributed by atoms with Crippen molar-refractivity contribution in [3.63, 3.8) is 0 Å². The number of nitrogens with zero attached hydrogens (tertiary/aromatic N) is 1. The van der Waals surface area contributed by atoms with E-state index >= 15 is 0 Å². The minimum atomic E-state index is -0.309. The zero-order valence-electron chi connectivity index (χ0n) is 12.9. The van der Waals surface area contributed by atoms with Crippen molar-refractivity contribution in [2.75, 3.05) is 5.32 Å². The predicted molar refractivity (Wildman–Crippen MR) is 101 cm³/mol. The van der Waals surface area contributed by atoms with Crippen LogP contribution in [-0.2, 0) is 6.42 Å². The molecule has 2 nitrogen and oxygen atoms in total. The molecule has 0 fully saturated rings. The predicted octanol–water partition coefficient (Wildman–Crippen LogP) is 6.95. The lowest BCUT2D eigenvalue weighted by atomic mass is 10.1. The standard InChI is InChI=1S/C18H15Cl2FN2S/c1-2-5-16-17(12-9-8-11(19)10-13(12)20)23-18(24-16)22-15-7-4-3-6-14(15)21/h3-4,6-10H,2,5H2,1H3,(H,22,23). The molecule has 0 atom stereocenters. The van der Waals surface area contributed by atoms with Gasteiger partial charge >= 0.3 is 0 Å². The van der Waals surface area contributed by atoms with Crippen LogP contribution in [-0.4, -0.2) is 4.98 Å². The fraction of sp³-hybridized carbons (Fsp3) is 0.167. The van der Waals surface area contributed by atoms with Crippen molar-refractivity contribution in [2.24, 2.45) is 0 Å². The second-order valence-electron chi connectivity index (χ2n) is 5.27. The smallest absolute Gasteiger partial charge is 0.188 e. The largest absolute Gasteiger partial charge is 0.329 e. The second kappa shape index (κ2) is 7.51. The molecule has 0 aliphatic carbocycles. The molecule has 6 heteroatoms. The van der Waals surface area contributed by atoms with Gasteiger partial charge < -0.3 is 5.32 Å². The van der Waals surface area contributed by atoms with Crippen molar-refractivity contribution in [3.8, 4) is 11.3 Å². The van der Waals surface area contributed by atoms with E-state index in [-0.39, 0.29) is 5.82 Å². The normalized spacial score (nSPS) is 10.8. The van der Waals surface area contributed by atoms with Crippen LogP contribution in [0.25, 0.3) is 11.3 Å². The Hall–Kier alpha value is -1.62. The van der Waals surface area contributed by atoms with E-state index in [9.17, 15) is 4.39 Å². The molecule has 0 unspecified atom stereocenters. The number of para-hydroxylation sites is 1. The summed E-state index contributed by atoms with van der Waals surface area (Å²) in [5.41, 5.74) is 2.06. The van der Waals surface area contributed by atoms with Crippen molar-refractivity contribution < 1.29 is 4.39 Å². The molecule has 3 rings (SSSR count). The molecule has 0 bridgehead atoms. The average Bonchev–Trinajstić information content (AvgIpc) is 2.92. The topological polar surface area (TPSA) is 24.9 Å². The van der Waals surface area contributed by atoms with Crippen LogP contribution in [0.15, 0.2) is 42.5 Å². The van der Waals surface area contributed by atoms with Gasteiger partial charge in [-0.1, -0.05) is 48.7 Å². The lowest BCUT2D eigenvalue weighted by Crippen LogP contribution is -1.92. The van der Waals surface area contributed by atoms with Crippen LogP contribution in [0.5, 0.6) is 0 Å². The van der Waals surface area contributed by atoms with Crippen LogP contribution in [0.2, 0.25) is 10.0 Å². The molecule has 1 aromatic heterocycles. The summed E-state index contributed by atoms with van der Waals surface area (Å²) in [5, 5.41) is 4.84. The van der Waals surface area contributed by atoms with Crippen LogP contribution in [0, 0.1) is 5.82 Å². The lowest BCUT2D eigenvalue weighted by Gasteiger charge is -2.04. The Morgan fingerprint density at radius 1 is 1.17 bits per heavy atom. The summed E-state index contributed by atoms with van der Waals surface area (Å²) in [7, 11) is 0. The fourth-order valence-corrected chi connectivity index (χ4v) is 3.96.